The Hall–Kier alpha value is -2.04. The number of hydrogen-bond acceptors (Lipinski definition) is 2. The maximum atomic E-state index is 12.0. The average Bonchev–Trinajstić information content (AvgIpc) is 2.76. The number of amides is 2. The molecule has 0 saturated carbocycles. The molecule has 2 aromatic carbocycles. The number of anilines is 2. The molecular formula is C16H12Cl2N2O2. The van der Waals surface area contributed by atoms with Crippen LogP contribution in [0.15, 0.2) is 36.4 Å². The number of rotatable bonds is 2. The van der Waals surface area contributed by atoms with Crippen LogP contribution in [-0.2, 0) is 17.6 Å². The molecule has 0 fully saturated rings. The van der Waals surface area contributed by atoms with Gasteiger partial charge in [-0.2, -0.15) is 0 Å². The van der Waals surface area contributed by atoms with E-state index in [4.69, 9.17) is 23.2 Å². The van der Waals surface area contributed by atoms with Crippen molar-refractivity contribution in [1.82, 2.24) is 0 Å². The van der Waals surface area contributed by atoms with Crippen molar-refractivity contribution >= 4 is 46.4 Å². The molecule has 1 aliphatic rings. The average molecular weight is 335 g/mol. The van der Waals surface area contributed by atoms with Crippen LogP contribution in [0.4, 0.5) is 16.2 Å². The molecule has 0 spiro atoms. The second kappa shape index (κ2) is 5.99. The number of halogens is 2. The summed E-state index contributed by atoms with van der Waals surface area (Å²) in [5.74, 6) is 0.199. The van der Waals surface area contributed by atoms with Crippen molar-refractivity contribution in [3.8, 4) is 0 Å². The van der Waals surface area contributed by atoms with Gasteiger partial charge in [0.2, 0.25) is 0 Å². The highest BCUT2D eigenvalue weighted by Crippen LogP contribution is 2.24. The summed E-state index contributed by atoms with van der Waals surface area (Å²) in [5, 5.41) is 6.28. The van der Waals surface area contributed by atoms with Gasteiger partial charge in [0.1, 0.15) is 5.78 Å². The quantitative estimate of drug-likeness (QED) is 0.859. The molecule has 0 atom stereocenters. The van der Waals surface area contributed by atoms with Crippen LogP contribution in [0, 0.1) is 0 Å². The minimum absolute atomic E-state index is 0.199. The highest BCUT2D eigenvalue weighted by atomic mass is 35.5. The van der Waals surface area contributed by atoms with Gasteiger partial charge in [0.05, 0.1) is 0 Å². The minimum Gasteiger partial charge on any atom is -0.308 e. The smallest absolute Gasteiger partial charge is 0.308 e. The summed E-state index contributed by atoms with van der Waals surface area (Å²) >= 11 is 11.8. The van der Waals surface area contributed by atoms with E-state index < -0.39 is 6.03 Å². The fourth-order valence-corrected chi connectivity index (χ4v) is 2.97. The predicted octanol–water partition coefficient (Wildman–Crippen LogP) is 4.31. The van der Waals surface area contributed by atoms with Gasteiger partial charge in [-0.25, -0.2) is 4.79 Å². The molecule has 2 aromatic rings. The molecule has 4 nitrogen and oxygen atoms in total. The Bertz CT molecular complexity index is 754. The van der Waals surface area contributed by atoms with Crippen LogP contribution < -0.4 is 10.6 Å². The van der Waals surface area contributed by atoms with E-state index in [1.54, 1.807) is 24.3 Å². The van der Waals surface area contributed by atoms with Crippen LogP contribution in [0.2, 0.25) is 10.0 Å². The fraction of sp³-hybridized carbons (Fsp3) is 0.125. The van der Waals surface area contributed by atoms with Crippen LogP contribution in [0.3, 0.4) is 0 Å². The number of ketones is 1. The summed E-state index contributed by atoms with van der Waals surface area (Å²) in [4.78, 5) is 23.4. The molecule has 1 aliphatic carbocycles. The van der Waals surface area contributed by atoms with Crippen LogP contribution in [-0.4, -0.2) is 11.8 Å². The lowest BCUT2D eigenvalue weighted by Crippen LogP contribution is -2.19. The van der Waals surface area contributed by atoms with Crippen LogP contribution >= 0.6 is 23.2 Å². The lowest BCUT2D eigenvalue weighted by molar-refractivity contribution is -0.117. The molecule has 0 saturated heterocycles. The minimum atomic E-state index is -0.400. The van der Waals surface area contributed by atoms with Crippen LogP contribution in [0.25, 0.3) is 0 Å². The van der Waals surface area contributed by atoms with E-state index in [-0.39, 0.29) is 5.78 Å². The Morgan fingerprint density at radius 3 is 2.23 bits per heavy atom. The third kappa shape index (κ3) is 3.40. The molecule has 2 N–H and O–H groups in total. The van der Waals surface area contributed by atoms with Crippen molar-refractivity contribution in [3.05, 3.63) is 57.6 Å². The molecule has 0 aromatic heterocycles. The first-order chi connectivity index (χ1) is 10.5. The van der Waals surface area contributed by atoms with Crippen molar-refractivity contribution in [2.45, 2.75) is 12.8 Å². The SMILES string of the molecule is O=C1Cc2ccc(NC(=O)Nc3cc(Cl)cc(Cl)c3)cc2C1. The standard InChI is InChI=1S/C16H12Cl2N2O2/c17-11-6-12(18)8-14(7-11)20-16(22)19-13-2-1-9-4-15(21)5-10(9)3-13/h1-3,6-8H,4-5H2,(H2,19,20,22). The molecule has 6 heteroatoms. The zero-order valence-corrected chi connectivity index (χ0v) is 13.0. The van der Waals surface area contributed by atoms with Gasteiger partial charge in [0.25, 0.3) is 0 Å². The third-order valence-corrected chi connectivity index (χ3v) is 3.80. The summed E-state index contributed by atoms with van der Waals surface area (Å²) in [6.07, 6.45) is 0.902. The highest BCUT2D eigenvalue weighted by Gasteiger charge is 2.18. The molecule has 0 heterocycles. The van der Waals surface area contributed by atoms with Crippen molar-refractivity contribution in [2.75, 3.05) is 10.6 Å². The maximum Gasteiger partial charge on any atom is 0.323 e. The van der Waals surface area contributed by atoms with Gasteiger partial charge in [-0.1, -0.05) is 29.3 Å². The van der Waals surface area contributed by atoms with Gasteiger partial charge in [-0.3, -0.25) is 4.79 Å². The molecular weight excluding hydrogens is 323 g/mol. The Labute approximate surface area is 137 Å². The number of hydrogen-bond donors (Lipinski definition) is 2. The van der Waals surface area contributed by atoms with Crippen molar-refractivity contribution in [2.24, 2.45) is 0 Å². The van der Waals surface area contributed by atoms with Crippen LogP contribution in [0.1, 0.15) is 11.1 Å². The van der Waals surface area contributed by atoms with Crippen molar-refractivity contribution in [3.63, 3.8) is 0 Å². The first-order valence-corrected chi connectivity index (χ1v) is 7.43. The summed E-state index contributed by atoms with van der Waals surface area (Å²) < 4.78 is 0. The molecule has 112 valence electrons. The molecule has 0 bridgehead atoms. The number of Topliss-reactive ketones (excluding diaryl/α,β-unsaturated/α-hetero) is 1. The Morgan fingerprint density at radius 1 is 0.864 bits per heavy atom. The number of benzene rings is 2. The van der Waals surface area contributed by atoms with Crippen molar-refractivity contribution < 1.29 is 9.59 Å². The lowest BCUT2D eigenvalue weighted by Gasteiger charge is -2.09. The first kappa shape index (κ1) is 14.9. The first-order valence-electron chi connectivity index (χ1n) is 6.67. The van der Waals surface area contributed by atoms with E-state index in [2.05, 4.69) is 10.6 Å². The maximum absolute atomic E-state index is 12.0. The van der Waals surface area contributed by atoms with E-state index in [1.165, 1.54) is 0 Å². The van der Waals surface area contributed by atoms with E-state index in [1.807, 2.05) is 12.1 Å². The molecule has 0 aliphatic heterocycles. The second-order valence-electron chi connectivity index (χ2n) is 5.11. The lowest BCUT2D eigenvalue weighted by atomic mass is 10.1. The summed E-state index contributed by atoms with van der Waals surface area (Å²) in [7, 11) is 0. The summed E-state index contributed by atoms with van der Waals surface area (Å²) in [5.41, 5.74) is 3.14. The Morgan fingerprint density at radius 2 is 1.50 bits per heavy atom. The van der Waals surface area contributed by atoms with Gasteiger partial charge in [0, 0.05) is 34.3 Å². The van der Waals surface area contributed by atoms with Gasteiger partial charge in [-0.05, 0) is 41.5 Å². The van der Waals surface area contributed by atoms with Gasteiger partial charge in [-0.15, -0.1) is 0 Å². The number of carbonyl (C=O) groups excluding carboxylic acids is 2. The van der Waals surface area contributed by atoms with Crippen molar-refractivity contribution in [1.29, 1.82) is 0 Å². The normalized spacial score (nSPS) is 12.9. The highest BCUT2D eigenvalue weighted by molar-refractivity contribution is 6.35. The van der Waals surface area contributed by atoms with Gasteiger partial charge in [0.15, 0.2) is 0 Å². The number of urea groups is 1. The molecule has 0 unspecified atom stereocenters. The topological polar surface area (TPSA) is 58.2 Å². The van der Waals surface area contributed by atoms with Crippen LogP contribution in [0.5, 0.6) is 0 Å². The zero-order chi connectivity index (χ0) is 15.7. The summed E-state index contributed by atoms with van der Waals surface area (Å²) in [6.45, 7) is 0. The Balaban J connectivity index is 1.69. The zero-order valence-electron chi connectivity index (χ0n) is 11.5. The largest absolute Gasteiger partial charge is 0.323 e. The monoisotopic (exact) mass is 334 g/mol. The van der Waals surface area contributed by atoms with E-state index in [0.29, 0.717) is 34.3 Å². The van der Waals surface area contributed by atoms with E-state index in [0.717, 1.165) is 11.1 Å². The third-order valence-electron chi connectivity index (χ3n) is 3.36. The number of nitrogens with one attached hydrogen (secondary N) is 2. The van der Waals surface area contributed by atoms with Gasteiger partial charge < -0.3 is 10.6 Å². The number of carbonyl (C=O) groups is 2. The summed E-state index contributed by atoms with van der Waals surface area (Å²) in [6, 6.07) is 9.87. The molecule has 3 rings (SSSR count). The van der Waals surface area contributed by atoms with E-state index in [9.17, 15) is 9.59 Å². The second-order valence-corrected chi connectivity index (χ2v) is 5.99. The predicted molar refractivity (Wildman–Crippen MR) is 88.0 cm³/mol. The van der Waals surface area contributed by atoms with E-state index >= 15 is 0 Å². The fourth-order valence-electron chi connectivity index (χ4n) is 2.45. The van der Waals surface area contributed by atoms with Gasteiger partial charge >= 0.3 is 6.03 Å². The molecule has 0 radical (unpaired) electrons. The Kier molecular flexibility index (Phi) is 4.05. The number of fused-ring (bicyclic) bond motifs is 1. The molecule has 22 heavy (non-hydrogen) atoms. The molecule has 2 amide bonds.